The topological polar surface area (TPSA) is 81.9 Å². The molecule has 0 aromatic carbocycles. The number of carbonyl (C=O) groups excluding carboxylic acids is 1. The van der Waals surface area contributed by atoms with Crippen LogP contribution in [0.3, 0.4) is 0 Å². The number of hydrogen-bond donors (Lipinski definition) is 1. The van der Waals surface area contributed by atoms with Crippen molar-refractivity contribution in [2.75, 3.05) is 19.8 Å². The Balaban J connectivity index is 1.72. The summed E-state index contributed by atoms with van der Waals surface area (Å²) in [5.41, 5.74) is 1.86. The van der Waals surface area contributed by atoms with Crippen molar-refractivity contribution in [3.8, 4) is 11.4 Å². The van der Waals surface area contributed by atoms with Crippen LogP contribution in [0.15, 0.2) is 29.0 Å². The van der Waals surface area contributed by atoms with Gasteiger partial charge in [0, 0.05) is 17.5 Å². The molecule has 0 aliphatic heterocycles. The van der Waals surface area contributed by atoms with Crippen molar-refractivity contribution in [1.82, 2.24) is 25.5 Å². The van der Waals surface area contributed by atoms with Crippen molar-refractivity contribution in [1.29, 1.82) is 0 Å². The number of nitrogens with zero attached hydrogens (tertiary/aromatic N) is 4. The molecule has 112 valence electrons. The van der Waals surface area contributed by atoms with E-state index in [1.807, 2.05) is 23.8 Å². The number of nitrogens with one attached hydrogen (secondary N) is 1. The fourth-order valence-corrected chi connectivity index (χ4v) is 2.15. The number of ether oxygens (including phenoxy) is 1. The zero-order valence-corrected chi connectivity index (χ0v) is 12.6. The minimum Gasteiger partial charge on any atom is -0.375 e. The van der Waals surface area contributed by atoms with E-state index in [0.717, 1.165) is 11.1 Å². The minimum absolute atomic E-state index is 0.0393. The maximum atomic E-state index is 11.7. The predicted octanol–water partition coefficient (Wildman–Crippen LogP) is 1.11. The molecule has 1 N–H and O–H groups in total. The van der Waals surface area contributed by atoms with E-state index in [4.69, 9.17) is 4.74 Å². The highest BCUT2D eigenvalue weighted by molar-refractivity contribution is 7.08. The summed E-state index contributed by atoms with van der Waals surface area (Å²) in [5.74, 6) is 0.344. The molecular formula is C13H17N5O2S. The van der Waals surface area contributed by atoms with E-state index in [2.05, 4.69) is 27.3 Å². The quantitative estimate of drug-likeness (QED) is 0.583. The van der Waals surface area contributed by atoms with Crippen molar-refractivity contribution < 1.29 is 9.53 Å². The first-order valence-electron chi connectivity index (χ1n) is 6.44. The Labute approximate surface area is 126 Å². The number of tetrazole rings is 1. The Morgan fingerprint density at radius 1 is 1.57 bits per heavy atom. The second-order valence-electron chi connectivity index (χ2n) is 4.52. The van der Waals surface area contributed by atoms with Gasteiger partial charge >= 0.3 is 0 Å². The third-order valence-corrected chi connectivity index (χ3v) is 3.12. The van der Waals surface area contributed by atoms with Crippen molar-refractivity contribution in [2.45, 2.75) is 13.5 Å². The third kappa shape index (κ3) is 5.09. The first-order chi connectivity index (χ1) is 10.1. The fourth-order valence-electron chi connectivity index (χ4n) is 1.51. The van der Waals surface area contributed by atoms with Crippen LogP contribution in [0, 0.1) is 0 Å². The first-order valence-corrected chi connectivity index (χ1v) is 7.38. The number of amides is 1. The van der Waals surface area contributed by atoms with E-state index in [9.17, 15) is 4.79 Å². The summed E-state index contributed by atoms with van der Waals surface area (Å²) >= 11 is 1.56. The molecular weight excluding hydrogens is 290 g/mol. The number of hydrogen-bond acceptors (Lipinski definition) is 6. The largest absolute Gasteiger partial charge is 0.375 e. The third-order valence-electron chi connectivity index (χ3n) is 2.43. The Morgan fingerprint density at radius 2 is 2.43 bits per heavy atom. The summed E-state index contributed by atoms with van der Waals surface area (Å²) in [6, 6.07) is 1.91. The van der Waals surface area contributed by atoms with E-state index >= 15 is 0 Å². The van der Waals surface area contributed by atoms with Gasteiger partial charge in [-0.3, -0.25) is 4.79 Å². The molecule has 0 unspecified atom stereocenters. The standard InChI is InChI=1S/C13H17N5O2S/c1-10(2)8-20-5-4-14-12(19)7-18-16-13(15-17-18)11-3-6-21-9-11/h3,6,9H,1,4-5,7-8H2,2H3,(H,14,19). The van der Waals surface area contributed by atoms with Crippen LogP contribution in [0.5, 0.6) is 0 Å². The first kappa shape index (κ1) is 15.3. The lowest BCUT2D eigenvalue weighted by molar-refractivity contribution is -0.122. The smallest absolute Gasteiger partial charge is 0.243 e. The van der Waals surface area contributed by atoms with Crippen molar-refractivity contribution in [3.05, 3.63) is 29.0 Å². The summed E-state index contributed by atoms with van der Waals surface area (Å²) in [4.78, 5) is 13.0. The summed E-state index contributed by atoms with van der Waals surface area (Å²) in [5, 5.41) is 18.5. The molecule has 0 atom stereocenters. The molecule has 0 radical (unpaired) electrons. The SMILES string of the molecule is C=C(C)COCCNC(=O)Cn1nnc(-c2ccsc2)n1. The van der Waals surface area contributed by atoms with Crippen LogP contribution in [0.25, 0.3) is 11.4 Å². The molecule has 2 rings (SSSR count). The average molecular weight is 307 g/mol. The van der Waals surface area contributed by atoms with Gasteiger partial charge in [0.05, 0.1) is 13.2 Å². The van der Waals surface area contributed by atoms with Gasteiger partial charge in [-0.05, 0) is 23.6 Å². The van der Waals surface area contributed by atoms with Crippen molar-refractivity contribution >= 4 is 17.2 Å². The molecule has 0 fully saturated rings. The highest BCUT2D eigenvalue weighted by atomic mass is 32.1. The molecule has 2 aromatic heterocycles. The van der Waals surface area contributed by atoms with Crippen LogP contribution >= 0.6 is 11.3 Å². The van der Waals surface area contributed by atoms with Gasteiger partial charge in [0.15, 0.2) is 0 Å². The summed E-state index contributed by atoms with van der Waals surface area (Å²) < 4.78 is 5.29. The maximum absolute atomic E-state index is 11.7. The Kier molecular flexibility index (Phi) is 5.59. The predicted molar refractivity (Wildman–Crippen MR) is 79.8 cm³/mol. The van der Waals surface area contributed by atoms with Gasteiger partial charge in [-0.25, -0.2) is 0 Å². The molecule has 2 heterocycles. The van der Waals surface area contributed by atoms with Crippen LogP contribution in [-0.2, 0) is 16.1 Å². The zero-order valence-electron chi connectivity index (χ0n) is 11.8. The lowest BCUT2D eigenvalue weighted by Gasteiger charge is -2.05. The van der Waals surface area contributed by atoms with Gasteiger partial charge in [-0.15, -0.1) is 10.2 Å². The summed E-state index contributed by atoms with van der Waals surface area (Å²) in [7, 11) is 0. The lowest BCUT2D eigenvalue weighted by Crippen LogP contribution is -2.31. The molecule has 0 bridgehead atoms. The average Bonchev–Trinajstić information content (AvgIpc) is 3.08. The Morgan fingerprint density at radius 3 is 3.14 bits per heavy atom. The summed E-state index contributed by atoms with van der Waals surface area (Å²) in [6.45, 7) is 7.05. The monoisotopic (exact) mass is 307 g/mol. The molecule has 8 heteroatoms. The van der Waals surface area contributed by atoms with Crippen LogP contribution < -0.4 is 5.32 Å². The number of aromatic nitrogens is 4. The van der Waals surface area contributed by atoms with Crippen LogP contribution in [-0.4, -0.2) is 45.9 Å². The van der Waals surface area contributed by atoms with Crippen molar-refractivity contribution in [2.24, 2.45) is 0 Å². The summed E-state index contributed by atoms with van der Waals surface area (Å²) in [6.07, 6.45) is 0. The van der Waals surface area contributed by atoms with Crippen molar-refractivity contribution in [3.63, 3.8) is 0 Å². The van der Waals surface area contributed by atoms with E-state index in [1.54, 1.807) is 11.3 Å². The maximum Gasteiger partial charge on any atom is 0.243 e. The molecule has 1 amide bonds. The Bertz CT molecular complexity index is 593. The van der Waals surface area contributed by atoms with E-state index in [-0.39, 0.29) is 12.5 Å². The number of rotatable bonds is 8. The van der Waals surface area contributed by atoms with Gasteiger partial charge in [0.25, 0.3) is 0 Å². The van der Waals surface area contributed by atoms with Crippen LogP contribution in [0.1, 0.15) is 6.92 Å². The van der Waals surface area contributed by atoms with E-state index in [0.29, 0.717) is 25.6 Å². The van der Waals surface area contributed by atoms with E-state index < -0.39 is 0 Å². The highest BCUT2D eigenvalue weighted by Crippen LogP contribution is 2.16. The molecule has 0 aliphatic rings. The molecule has 7 nitrogen and oxygen atoms in total. The van der Waals surface area contributed by atoms with Crippen LogP contribution in [0.4, 0.5) is 0 Å². The molecule has 0 saturated heterocycles. The van der Waals surface area contributed by atoms with Gasteiger partial charge in [-0.2, -0.15) is 16.1 Å². The van der Waals surface area contributed by atoms with Gasteiger partial charge in [0.2, 0.25) is 11.7 Å². The highest BCUT2D eigenvalue weighted by Gasteiger charge is 2.09. The number of thiophene rings is 1. The molecule has 0 saturated carbocycles. The molecule has 21 heavy (non-hydrogen) atoms. The van der Waals surface area contributed by atoms with Gasteiger partial charge in [0.1, 0.15) is 6.54 Å². The van der Waals surface area contributed by atoms with Gasteiger partial charge in [-0.1, -0.05) is 12.2 Å². The van der Waals surface area contributed by atoms with Gasteiger partial charge < -0.3 is 10.1 Å². The molecule has 2 aromatic rings. The Hall–Kier alpha value is -2.06. The second-order valence-corrected chi connectivity index (χ2v) is 5.30. The minimum atomic E-state index is -0.178. The van der Waals surface area contributed by atoms with E-state index in [1.165, 1.54) is 4.80 Å². The molecule has 0 aliphatic carbocycles. The zero-order chi connectivity index (χ0) is 15.1. The molecule has 0 spiro atoms. The second kappa shape index (κ2) is 7.65. The lowest BCUT2D eigenvalue weighted by atomic mass is 10.3. The van der Waals surface area contributed by atoms with Crippen LogP contribution in [0.2, 0.25) is 0 Å². The number of carbonyl (C=O) groups is 1. The fraction of sp³-hybridized carbons (Fsp3) is 0.385. The normalized spacial score (nSPS) is 10.5.